The molecule has 0 saturated carbocycles. The van der Waals surface area contributed by atoms with E-state index in [0.29, 0.717) is 12.4 Å². The average Bonchev–Trinajstić information content (AvgIpc) is 2.51. The van der Waals surface area contributed by atoms with E-state index < -0.39 is 24.0 Å². The molecule has 1 rings (SSSR count). The average molecular weight is 322 g/mol. The Bertz CT molecular complexity index is 542. The van der Waals surface area contributed by atoms with Crippen molar-refractivity contribution >= 4 is 17.9 Å². The van der Waals surface area contributed by atoms with Gasteiger partial charge >= 0.3 is 12.0 Å². The monoisotopic (exact) mass is 322 g/mol. The van der Waals surface area contributed by atoms with Crippen LogP contribution in [0.3, 0.4) is 0 Å². The molecule has 7 nitrogen and oxygen atoms in total. The van der Waals surface area contributed by atoms with Crippen molar-refractivity contribution in [1.82, 2.24) is 5.32 Å². The predicted molar refractivity (Wildman–Crippen MR) is 84.1 cm³/mol. The second-order valence-corrected chi connectivity index (χ2v) is 4.98. The SMILES string of the molecule is CCCCCOc1ccc(C(=O)O[C@H](C)C(=O)NC(N)=O)cc1. The molecule has 0 heterocycles. The molecule has 126 valence electrons. The number of nitrogens with two attached hydrogens (primary N) is 1. The van der Waals surface area contributed by atoms with Crippen LogP contribution in [0.5, 0.6) is 5.75 Å². The van der Waals surface area contributed by atoms with Crippen LogP contribution in [-0.2, 0) is 9.53 Å². The Labute approximate surface area is 135 Å². The molecule has 0 fully saturated rings. The highest BCUT2D eigenvalue weighted by molar-refractivity contribution is 5.98. The van der Waals surface area contributed by atoms with Crippen LogP contribution in [0.25, 0.3) is 0 Å². The molecular formula is C16H22N2O5. The number of carbonyl (C=O) groups excluding carboxylic acids is 3. The van der Waals surface area contributed by atoms with Gasteiger partial charge in [-0.2, -0.15) is 0 Å². The summed E-state index contributed by atoms with van der Waals surface area (Å²) in [6, 6.07) is 5.43. The maximum atomic E-state index is 11.9. The number of benzene rings is 1. The topological polar surface area (TPSA) is 108 Å². The fourth-order valence-corrected chi connectivity index (χ4v) is 1.73. The smallest absolute Gasteiger partial charge is 0.338 e. The number of esters is 1. The first-order chi connectivity index (χ1) is 10.9. The van der Waals surface area contributed by atoms with Crippen LogP contribution >= 0.6 is 0 Å². The Morgan fingerprint density at radius 2 is 1.83 bits per heavy atom. The van der Waals surface area contributed by atoms with Gasteiger partial charge in [-0.25, -0.2) is 9.59 Å². The van der Waals surface area contributed by atoms with E-state index in [9.17, 15) is 14.4 Å². The predicted octanol–water partition coefficient (Wildman–Crippen LogP) is 2.00. The highest BCUT2D eigenvalue weighted by Gasteiger charge is 2.19. The third-order valence-electron chi connectivity index (χ3n) is 3.01. The fraction of sp³-hybridized carbons (Fsp3) is 0.438. The molecule has 1 atom stereocenters. The van der Waals surface area contributed by atoms with Gasteiger partial charge in [0.25, 0.3) is 5.91 Å². The van der Waals surface area contributed by atoms with Gasteiger partial charge in [-0.05, 0) is 37.6 Å². The summed E-state index contributed by atoms with van der Waals surface area (Å²) in [5.74, 6) is -0.784. The van der Waals surface area contributed by atoms with Crippen LogP contribution in [0, 0.1) is 0 Å². The Morgan fingerprint density at radius 1 is 1.17 bits per heavy atom. The molecule has 0 aliphatic carbocycles. The van der Waals surface area contributed by atoms with Crippen LogP contribution in [0.4, 0.5) is 4.79 Å². The Kier molecular flexibility index (Phi) is 7.59. The van der Waals surface area contributed by atoms with Crippen LogP contribution < -0.4 is 15.8 Å². The summed E-state index contributed by atoms with van der Waals surface area (Å²) in [7, 11) is 0. The van der Waals surface area contributed by atoms with E-state index in [1.807, 2.05) is 5.32 Å². The molecule has 0 spiro atoms. The maximum Gasteiger partial charge on any atom is 0.338 e. The van der Waals surface area contributed by atoms with Crippen LogP contribution in [0.15, 0.2) is 24.3 Å². The second-order valence-electron chi connectivity index (χ2n) is 4.98. The number of carbonyl (C=O) groups is 3. The molecule has 23 heavy (non-hydrogen) atoms. The van der Waals surface area contributed by atoms with Gasteiger partial charge in [0.1, 0.15) is 5.75 Å². The summed E-state index contributed by atoms with van der Waals surface area (Å²) in [6.07, 6.45) is 2.08. The summed E-state index contributed by atoms with van der Waals surface area (Å²) >= 11 is 0. The van der Waals surface area contributed by atoms with Gasteiger partial charge in [0, 0.05) is 0 Å². The number of hydrogen-bond donors (Lipinski definition) is 2. The third-order valence-corrected chi connectivity index (χ3v) is 3.01. The summed E-state index contributed by atoms with van der Waals surface area (Å²) in [6.45, 7) is 4.09. The molecule has 0 aliphatic heterocycles. The minimum atomic E-state index is -1.13. The molecule has 0 radical (unpaired) electrons. The Hall–Kier alpha value is -2.57. The van der Waals surface area contributed by atoms with Crippen molar-refractivity contribution in [2.45, 2.75) is 39.2 Å². The minimum absolute atomic E-state index is 0.282. The quantitative estimate of drug-likeness (QED) is 0.562. The Balaban J connectivity index is 2.50. The van der Waals surface area contributed by atoms with Gasteiger partial charge in [0.05, 0.1) is 12.2 Å². The number of hydrogen-bond acceptors (Lipinski definition) is 5. The number of amides is 3. The zero-order valence-corrected chi connectivity index (χ0v) is 13.3. The molecular weight excluding hydrogens is 300 g/mol. The molecule has 1 aromatic rings. The zero-order valence-electron chi connectivity index (χ0n) is 13.3. The molecule has 1 aromatic carbocycles. The molecule has 0 saturated heterocycles. The van der Waals surface area contributed by atoms with Crippen molar-refractivity contribution in [2.75, 3.05) is 6.61 Å². The standard InChI is InChI=1S/C16H22N2O5/c1-3-4-5-10-22-13-8-6-12(7-9-13)15(20)23-11(2)14(19)18-16(17)21/h6-9,11H,3-5,10H2,1-2H3,(H3,17,18,19,21)/t11-/m1/s1. The Morgan fingerprint density at radius 3 is 2.39 bits per heavy atom. The number of rotatable bonds is 8. The normalized spacial score (nSPS) is 11.4. The van der Waals surface area contributed by atoms with Crippen molar-refractivity contribution in [3.63, 3.8) is 0 Å². The van der Waals surface area contributed by atoms with Crippen molar-refractivity contribution in [3.8, 4) is 5.75 Å². The number of ether oxygens (including phenoxy) is 2. The van der Waals surface area contributed by atoms with Crippen molar-refractivity contribution in [2.24, 2.45) is 5.73 Å². The van der Waals surface area contributed by atoms with E-state index in [1.165, 1.54) is 6.92 Å². The molecule has 3 N–H and O–H groups in total. The van der Waals surface area contributed by atoms with E-state index in [4.69, 9.17) is 15.2 Å². The van der Waals surface area contributed by atoms with Gasteiger partial charge in [-0.15, -0.1) is 0 Å². The molecule has 7 heteroatoms. The van der Waals surface area contributed by atoms with Gasteiger partial charge in [-0.1, -0.05) is 19.8 Å². The lowest BCUT2D eigenvalue weighted by Gasteiger charge is -2.12. The van der Waals surface area contributed by atoms with Gasteiger partial charge in [0.15, 0.2) is 6.10 Å². The first-order valence-electron chi connectivity index (χ1n) is 7.48. The summed E-state index contributed by atoms with van der Waals surface area (Å²) in [5, 5.41) is 1.84. The van der Waals surface area contributed by atoms with E-state index >= 15 is 0 Å². The highest BCUT2D eigenvalue weighted by Crippen LogP contribution is 2.14. The zero-order chi connectivity index (χ0) is 17.2. The number of urea groups is 1. The fourth-order valence-electron chi connectivity index (χ4n) is 1.73. The number of unbranched alkanes of at least 4 members (excludes halogenated alkanes) is 2. The van der Waals surface area contributed by atoms with Crippen LogP contribution in [0.1, 0.15) is 43.5 Å². The number of primary amides is 1. The first-order valence-corrected chi connectivity index (χ1v) is 7.48. The molecule has 0 aromatic heterocycles. The first kappa shape index (κ1) is 18.5. The number of nitrogens with one attached hydrogen (secondary N) is 1. The van der Waals surface area contributed by atoms with Crippen molar-refractivity contribution < 1.29 is 23.9 Å². The van der Waals surface area contributed by atoms with Crippen LogP contribution in [-0.4, -0.2) is 30.6 Å². The third kappa shape index (κ3) is 6.82. The van der Waals surface area contributed by atoms with Crippen LogP contribution in [0.2, 0.25) is 0 Å². The highest BCUT2D eigenvalue weighted by atomic mass is 16.5. The summed E-state index contributed by atoms with van der Waals surface area (Å²) < 4.78 is 10.5. The summed E-state index contributed by atoms with van der Waals surface area (Å²) in [4.78, 5) is 33.9. The summed E-state index contributed by atoms with van der Waals surface area (Å²) in [5.41, 5.74) is 5.11. The van der Waals surface area contributed by atoms with Gasteiger partial charge in [-0.3, -0.25) is 10.1 Å². The minimum Gasteiger partial charge on any atom is -0.494 e. The largest absolute Gasteiger partial charge is 0.494 e. The lowest BCUT2D eigenvalue weighted by atomic mass is 10.2. The van der Waals surface area contributed by atoms with Crippen molar-refractivity contribution in [1.29, 1.82) is 0 Å². The second kappa shape index (κ2) is 9.45. The van der Waals surface area contributed by atoms with Gasteiger partial charge in [0.2, 0.25) is 0 Å². The van der Waals surface area contributed by atoms with E-state index in [-0.39, 0.29) is 5.56 Å². The maximum absolute atomic E-state index is 11.9. The lowest BCUT2D eigenvalue weighted by molar-refractivity contribution is -0.127. The van der Waals surface area contributed by atoms with Crippen molar-refractivity contribution in [3.05, 3.63) is 29.8 Å². The number of imide groups is 1. The van der Waals surface area contributed by atoms with Gasteiger partial charge < -0.3 is 15.2 Å². The molecule has 0 bridgehead atoms. The van der Waals surface area contributed by atoms with E-state index in [0.717, 1.165) is 19.3 Å². The molecule has 3 amide bonds. The lowest BCUT2D eigenvalue weighted by Crippen LogP contribution is -2.42. The molecule has 0 aliphatic rings. The molecule has 0 unspecified atom stereocenters. The van der Waals surface area contributed by atoms with E-state index in [1.54, 1.807) is 24.3 Å². The van der Waals surface area contributed by atoms with E-state index in [2.05, 4.69) is 6.92 Å².